The molecule has 1 unspecified atom stereocenters. The number of rotatable bonds is 6. The lowest BCUT2D eigenvalue weighted by Crippen LogP contribution is -2.53. The van der Waals surface area contributed by atoms with Crippen molar-refractivity contribution in [2.24, 2.45) is 15.8 Å². The van der Waals surface area contributed by atoms with Crippen molar-refractivity contribution in [2.45, 2.75) is 60.3 Å². The predicted octanol–water partition coefficient (Wildman–Crippen LogP) is 2.63. The summed E-state index contributed by atoms with van der Waals surface area (Å²) in [5.74, 6) is 1.00. The number of hydrogen-bond donors (Lipinski definition) is 2. The van der Waals surface area contributed by atoms with Gasteiger partial charge in [0.25, 0.3) is 0 Å². The highest BCUT2D eigenvalue weighted by molar-refractivity contribution is 5.84. The van der Waals surface area contributed by atoms with Crippen molar-refractivity contribution >= 4 is 11.9 Å². The Morgan fingerprint density at radius 2 is 2.00 bits per heavy atom. The van der Waals surface area contributed by atoms with Gasteiger partial charge in [-0.2, -0.15) is 0 Å². The summed E-state index contributed by atoms with van der Waals surface area (Å²) in [4.78, 5) is 18.9. The number of nitrogens with zero attached hydrogens (tertiary/aromatic N) is 2. The number of amides is 1. The van der Waals surface area contributed by atoms with Crippen LogP contribution in [0.4, 0.5) is 0 Å². The standard InChI is InChI=1S/C18H36N4O/c1-7-10-18(5)11-9-12-22(14-18)16(19-6)21-13-17(3,4)15(23)20-8-2/h7-14H2,1-6H3,(H,19,21)(H,20,23). The van der Waals surface area contributed by atoms with Crippen LogP contribution in [-0.2, 0) is 4.79 Å². The first-order valence-corrected chi connectivity index (χ1v) is 9.02. The van der Waals surface area contributed by atoms with E-state index in [1.165, 1.54) is 25.7 Å². The van der Waals surface area contributed by atoms with Gasteiger partial charge in [-0.05, 0) is 45.4 Å². The fourth-order valence-corrected chi connectivity index (χ4v) is 3.42. The van der Waals surface area contributed by atoms with E-state index in [9.17, 15) is 4.79 Å². The number of carbonyl (C=O) groups excluding carboxylic acids is 1. The number of carbonyl (C=O) groups is 1. The topological polar surface area (TPSA) is 56.7 Å². The predicted molar refractivity (Wildman–Crippen MR) is 97.6 cm³/mol. The number of guanidine groups is 1. The lowest BCUT2D eigenvalue weighted by Gasteiger charge is -2.42. The van der Waals surface area contributed by atoms with E-state index >= 15 is 0 Å². The van der Waals surface area contributed by atoms with Crippen LogP contribution in [0.25, 0.3) is 0 Å². The Kier molecular flexibility index (Phi) is 7.36. The molecule has 0 radical (unpaired) electrons. The summed E-state index contributed by atoms with van der Waals surface area (Å²) in [6.07, 6.45) is 4.97. The summed E-state index contributed by atoms with van der Waals surface area (Å²) in [5, 5.41) is 6.32. The Bertz CT molecular complexity index is 415. The van der Waals surface area contributed by atoms with Crippen molar-refractivity contribution in [3.8, 4) is 0 Å². The normalized spacial score (nSPS) is 22.9. The van der Waals surface area contributed by atoms with Gasteiger partial charge in [-0.1, -0.05) is 20.3 Å². The van der Waals surface area contributed by atoms with Crippen molar-refractivity contribution < 1.29 is 4.79 Å². The van der Waals surface area contributed by atoms with Gasteiger partial charge in [0, 0.05) is 33.2 Å². The molecule has 0 aromatic carbocycles. The van der Waals surface area contributed by atoms with Gasteiger partial charge in [-0.15, -0.1) is 0 Å². The van der Waals surface area contributed by atoms with Gasteiger partial charge < -0.3 is 15.5 Å². The third-order valence-corrected chi connectivity index (χ3v) is 4.79. The van der Waals surface area contributed by atoms with E-state index in [1.807, 2.05) is 27.8 Å². The van der Waals surface area contributed by atoms with Gasteiger partial charge in [-0.25, -0.2) is 0 Å². The SMILES string of the molecule is CCCC1(C)CCCN(C(=NC)NCC(C)(C)C(=O)NCC)C1. The minimum Gasteiger partial charge on any atom is -0.356 e. The van der Waals surface area contributed by atoms with Gasteiger partial charge in [-0.3, -0.25) is 9.79 Å². The maximum atomic E-state index is 12.1. The van der Waals surface area contributed by atoms with Crippen LogP contribution in [0, 0.1) is 10.8 Å². The average molecular weight is 325 g/mol. The summed E-state index contributed by atoms with van der Waals surface area (Å²) in [5.41, 5.74) is -0.0752. The quantitative estimate of drug-likeness (QED) is 0.583. The molecule has 0 saturated carbocycles. The molecule has 1 aliphatic heterocycles. The molecule has 1 atom stereocenters. The number of likely N-dealkylation sites (tertiary alicyclic amines) is 1. The number of nitrogens with one attached hydrogen (secondary N) is 2. The fraction of sp³-hybridized carbons (Fsp3) is 0.889. The maximum absolute atomic E-state index is 12.1. The monoisotopic (exact) mass is 324 g/mol. The first-order valence-electron chi connectivity index (χ1n) is 9.02. The summed E-state index contributed by atoms with van der Waals surface area (Å²) >= 11 is 0. The molecule has 23 heavy (non-hydrogen) atoms. The van der Waals surface area contributed by atoms with Crippen LogP contribution in [0.15, 0.2) is 4.99 Å². The molecule has 0 aliphatic carbocycles. The first kappa shape index (κ1) is 19.8. The van der Waals surface area contributed by atoms with Gasteiger partial charge in [0.15, 0.2) is 5.96 Å². The number of hydrogen-bond acceptors (Lipinski definition) is 2. The smallest absolute Gasteiger partial charge is 0.227 e. The minimum atomic E-state index is -0.450. The molecule has 1 amide bonds. The zero-order valence-electron chi connectivity index (χ0n) is 16.0. The van der Waals surface area contributed by atoms with E-state index in [0.29, 0.717) is 18.5 Å². The Hall–Kier alpha value is -1.26. The van der Waals surface area contributed by atoms with Gasteiger partial charge in [0.1, 0.15) is 0 Å². The second-order valence-electron chi connectivity index (χ2n) is 7.73. The summed E-state index contributed by atoms with van der Waals surface area (Å²) in [6, 6.07) is 0. The van der Waals surface area contributed by atoms with Crippen LogP contribution in [0.5, 0.6) is 0 Å². The average Bonchev–Trinajstić information content (AvgIpc) is 2.48. The summed E-state index contributed by atoms with van der Waals surface area (Å²) in [7, 11) is 1.83. The van der Waals surface area contributed by atoms with Crippen LogP contribution in [-0.4, -0.2) is 50.0 Å². The minimum absolute atomic E-state index is 0.0809. The number of piperidine rings is 1. The molecule has 5 heteroatoms. The first-order chi connectivity index (χ1) is 10.8. The Morgan fingerprint density at radius 1 is 1.30 bits per heavy atom. The van der Waals surface area contributed by atoms with Crippen LogP contribution >= 0.6 is 0 Å². The van der Waals surface area contributed by atoms with E-state index < -0.39 is 5.41 Å². The highest BCUT2D eigenvalue weighted by Crippen LogP contribution is 2.33. The molecular weight excluding hydrogens is 288 g/mol. The van der Waals surface area contributed by atoms with Gasteiger partial charge in [0.2, 0.25) is 5.91 Å². The molecule has 0 bridgehead atoms. The van der Waals surface area contributed by atoms with E-state index in [1.54, 1.807) is 0 Å². The summed E-state index contributed by atoms with van der Waals surface area (Å²) in [6.45, 7) is 13.9. The van der Waals surface area contributed by atoms with E-state index in [4.69, 9.17) is 0 Å². The second-order valence-corrected chi connectivity index (χ2v) is 7.73. The molecule has 1 rings (SSSR count). The van der Waals surface area contributed by atoms with Crippen LogP contribution < -0.4 is 10.6 Å². The van der Waals surface area contributed by atoms with E-state index in [-0.39, 0.29) is 5.91 Å². The van der Waals surface area contributed by atoms with Gasteiger partial charge in [0.05, 0.1) is 5.41 Å². The van der Waals surface area contributed by atoms with E-state index in [2.05, 4.69) is 34.4 Å². The highest BCUT2D eigenvalue weighted by Gasteiger charge is 2.33. The van der Waals surface area contributed by atoms with Crippen LogP contribution in [0.2, 0.25) is 0 Å². The third kappa shape index (κ3) is 5.70. The number of aliphatic imine (C=N–C) groups is 1. The van der Waals surface area contributed by atoms with E-state index in [0.717, 1.165) is 19.0 Å². The fourth-order valence-electron chi connectivity index (χ4n) is 3.42. The molecule has 1 aliphatic rings. The lowest BCUT2D eigenvalue weighted by molar-refractivity contribution is -0.128. The van der Waals surface area contributed by atoms with Crippen molar-refractivity contribution in [3.05, 3.63) is 0 Å². The van der Waals surface area contributed by atoms with Crippen molar-refractivity contribution in [1.29, 1.82) is 0 Å². The van der Waals surface area contributed by atoms with Crippen molar-refractivity contribution in [3.63, 3.8) is 0 Å². The molecule has 1 heterocycles. The zero-order chi connectivity index (χ0) is 17.5. The van der Waals surface area contributed by atoms with Crippen LogP contribution in [0.3, 0.4) is 0 Å². The third-order valence-electron chi connectivity index (χ3n) is 4.79. The zero-order valence-corrected chi connectivity index (χ0v) is 16.0. The second kappa shape index (κ2) is 8.55. The Morgan fingerprint density at radius 3 is 2.57 bits per heavy atom. The van der Waals surface area contributed by atoms with Crippen molar-refractivity contribution in [1.82, 2.24) is 15.5 Å². The largest absolute Gasteiger partial charge is 0.356 e. The summed E-state index contributed by atoms with van der Waals surface area (Å²) < 4.78 is 0. The molecule has 0 spiro atoms. The Labute approximate surface area is 142 Å². The molecular formula is C18H36N4O. The Balaban J connectivity index is 2.65. The highest BCUT2D eigenvalue weighted by atomic mass is 16.2. The van der Waals surface area contributed by atoms with Crippen molar-refractivity contribution in [2.75, 3.05) is 33.2 Å². The lowest BCUT2D eigenvalue weighted by atomic mass is 9.78. The molecule has 0 aromatic rings. The molecule has 1 saturated heterocycles. The van der Waals surface area contributed by atoms with Gasteiger partial charge >= 0.3 is 0 Å². The molecule has 0 aromatic heterocycles. The molecule has 5 nitrogen and oxygen atoms in total. The molecule has 134 valence electrons. The van der Waals surface area contributed by atoms with Crippen LogP contribution in [0.1, 0.15) is 60.3 Å². The molecule has 1 fully saturated rings. The maximum Gasteiger partial charge on any atom is 0.227 e. The molecule has 2 N–H and O–H groups in total.